The summed E-state index contributed by atoms with van der Waals surface area (Å²) < 4.78 is 0. The first-order valence-electron chi connectivity index (χ1n) is 7.02. The first-order valence-corrected chi connectivity index (χ1v) is 8.42. The molecule has 1 saturated heterocycles. The Morgan fingerprint density at radius 1 is 1.47 bits per heavy atom. The lowest BCUT2D eigenvalue weighted by Crippen LogP contribution is -2.63. The second kappa shape index (κ2) is 7.01. The maximum Gasteiger partial charge on any atom is 0.0278 e. The molecule has 0 saturated carbocycles. The van der Waals surface area contributed by atoms with Crippen molar-refractivity contribution in [2.45, 2.75) is 52.1 Å². The molecule has 102 valence electrons. The molecule has 0 bridgehead atoms. The predicted molar refractivity (Wildman–Crippen MR) is 79.9 cm³/mol. The van der Waals surface area contributed by atoms with Crippen LogP contribution in [0.1, 0.15) is 40.5 Å². The van der Waals surface area contributed by atoms with Gasteiger partial charge in [0.1, 0.15) is 0 Å². The van der Waals surface area contributed by atoms with Crippen LogP contribution in [0.5, 0.6) is 0 Å². The third kappa shape index (κ3) is 4.46. The first-order chi connectivity index (χ1) is 8.04. The van der Waals surface area contributed by atoms with Gasteiger partial charge in [-0.05, 0) is 37.7 Å². The van der Waals surface area contributed by atoms with Gasteiger partial charge in [0.05, 0.1) is 0 Å². The molecule has 3 unspecified atom stereocenters. The van der Waals surface area contributed by atoms with E-state index in [-0.39, 0.29) is 0 Å². The molecule has 0 aromatic carbocycles. The Hall–Kier alpha value is 0.270. The molecule has 0 spiro atoms. The fourth-order valence-electron chi connectivity index (χ4n) is 2.72. The summed E-state index contributed by atoms with van der Waals surface area (Å²) in [4.78, 5) is 2.72. The van der Waals surface area contributed by atoms with Crippen molar-refractivity contribution >= 4 is 11.8 Å². The lowest BCUT2D eigenvalue weighted by molar-refractivity contribution is 0.0724. The fourth-order valence-corrected chi connectivity index (χ4v) is 3.39. The Bertz CT molecular complexity index is 222. The molecule has 1 fully saturated rings. The molecule has 1 N–H and O–H groups in total. The number of hydrogen-bond acceptors (Lipinski definition) is 3. The zero-order chi connectivity index (χ0) is 12.9. The normalized spacial score (nSPS) is 32.6. The van der Waals surface area contributed by atoms with Crippen LogP contribution in [-0.4, -0.2) is 48.1 Å². The van der Waals surface area contributed by atoms with Crippen molar-refractivity contribution in [3.8, 4) is 0 Å². The Balaban J connectivity index is 2.57. The van der Waals surface area contributed by atoms with Gasteiger partial charge in [-0.15, -0.1) is 0 Å². The number of thioether (sulfide) groups is 1. The molecular weight excluding hydrogens is 228 g/mol. The molecule has 0 aromatic rings. The van der Waals surface area contributed by atoms with Crippen LogP contribution in [0.3, 0.4) is 0 Å². The molecule has 0 aliphatic carbocycles. The van der Waals surface area contributed by atoms with E-state index in [1.807, 2.05) is 11.8 Å². The van der Waals surface area contributed by atoms with Crippen LogP contribution in [-0.2, 0) is 0 Å². The van der Waals surface area contributed by atoms with Crippen molar-refractivity contribution in [3.63, 3.8) is 0 Å². The van der Waals surface area contributed by atoms with E-state index in [4.69, 9.17) is 0 Å². The summed E-state index contributed by atoms with van der Waals surface area (Å²) in [6.45, 7) is 13.0. The average molecular weight is 258 g/mol. The standard InChI is InChI=1S/C14H30N2S/c1-6-13-8-15-14(4,7-2)11-16(13)9-12(3)10-17-5/h12-13,15H,6-11H2,1-5H3. The smallest absolute Gasteiger partial charge is 0.0278 e. The quantitative estimate of drug-likeness (QED) is 0.789. The molecule has 1 aliphatic rings. The summed E-state index contributed by atoms with van der Waals surface area (Å²) in [5.74, 6) is 2.08. The van der Waals surface area contributed by atoms with Crippen molar-refractivity contribution < 1.29 is 0 Å². The van der Waals surface area contributed by atoms with Crippen LogP contribution >= 0.6 is 11.8 Å². The number of hydrogen-bond donors (Lipinski definition) is 1. The second-order valence-electron chi connectivity index (χ2n) is 5.85. The molecule has 2 nitrogen and oxygen atoms in total. The van der Waals surface area contributed by atoms with E-state index in [1.54, 1.807) is 0 Å². The molecule has 3 heteroatoms. The maximum absolute atomic E-state index is 3.73. The van der Waals surface area contributed by atoms with Gasteiger partial charge in [-0.3, -0.25) is 4.90 Å². The van der Waals surface area contributed by atoms with Crippen molar-refractivity contribution in [1.29, 1.82) is 0 Å². The van der Waals surface area contributed by atoms with E-state index in [0.29, 0.717) is 5.54 Å². The lowest BCUT2D eigenvalue weighted by atomic mass is 9.92. The third-order valence-electron chi connectivity index (χ3n) is 4.08. The molecular formula is C14H30N2S. The molecule has 1 heterocycles. The highest BCUT2D eigenvalue weighted by Gasteiger charge is 2.33. The summed E-state index contributed by atoms with van der Waals surface area (Å²) in [6, 6.07) is 0.735. The highest BCUT2D eigenvalue weighted by molar-refractivity contribution is 7.98. The summed E-state index contributed by atoms with van der Waals surface area (Å²) in [5, 5.41) is 3.73. The summed E-state index contributed by atoms with van der Waals surface area (Å²) in [7, 11) is 0. The summed E-state index contributed by atoms with van der Waals surface area (Å²) in [6.07, 6.45) is 4.69. The van der Waals surface area contributed by atoms with Gasteiger partial charge < -0.3 is 5.32 Å². The van der Waals surface area contributed by atoms with Gasteiger partial charge in [0.25, 0.3) is 0 Å². The van der Waals surface area contributed by atoms with Crippen LogP contribution in [0.4, 0.5) is 0 Å². The summed E-state index contributed by atoms with van der Waals surface area (Å²) in [5.41, 5.74) is 0.324. The van der Waals surface area contributed by atoms with Crippen molar-refractivity contribution in [3.05, 3.63) is 0 Å². The van der Waals surface area contributed by atoms with E-state index in [1.165, 1.54) is 31.7 Å². The molecule has 0 aromatic heterocycles. The maximum atomic E-state index is 3.73. The monoisotopic (exact) mass is 258 g/mol. The second-order valence-corrected chi connectivity index (χ2v) is 6.76. The van der Waals surface area contributed by atoms with Crippen LogP contribution in [0, 0.1) is 5.92 Å². The van der Waals surface area contributed by atoms with E-state index in [2.05, 4.69) is 44.2 Å². The van der Waals surface area contributed by atoms with E-state index in [9.17, 15) is 0 Å². The Kier molecular flexibility index (Phi) is 6.32. The van der Waals surface area contributed by atoms with E-state index >= 15 is 0 Å². The number of piperazine rings is 1. The minimum absolute atomic E-state index is 0.324. The van der Waals surface area contributed by atoms with Crippen LogP contribution in [0.15, 0.2) is 0 Å². The number of nitrogens with zero attached hydrogens (tertiary/aromatic N) is 1. The first kappa shape index (κ1) is 15.3. The minimum Gasteiger partial charge on any atom is -0.309 e. The Morgan fingerprint density at radius 2 is 2.18 bits per heavy atom. The van der Waals surface area contributed by atoms with Gasteiger partial charge in [0.2, 0.25) is 0 Å². The highest BCUT2D eigenvalue weighted by atomic mass is 32.2. The molecule has 3 atom stereocenters. The Morgan fingerprint density at radius 3 is 2.71 bits per heavy atom. The average Bonchev–Trinajstić information content (AvgIpc) is 2.30. The van der Waals surface area contributed by atoms with Crippen molar-refractivity contribution in [1.82, 2.24) is 10.2 Å². The molecule has 0 amide bonds. The number of nitrogens with one attached hydrogen (secondary N) is 1. The summed E-state index contributed by atoms with van der Waals surface area (Å²) >= 11 is 1.97. The molecule has 1 aliphatic heterocycles. The highest BCUT2D eigenvalue weighted by Crippen LogP contribution is 2.22. The molecule has 1 rings (SSSR count). The van der Waals surface area contributed by atoms with Gasteiger partial charge in [0.15, 0.2) is 0 Å². The zero-order valence-corrected chi connectivity index (χ0v) is 13.1. The zero-order valence-electron chi connectivity index (χ0n) is 12.3. The van der Waals surface area contributed by atoms with Gasteiger partial charge >= 0.3 is 0 Å². The molecule has 0 radical (unpaired) electrons. The van der Waals surface area contributed by atoms with Crippen LogP contribution < -0.4 is 5.32 Å². The van der Waals surface area contributed by atoms with Gasteiger partial charge in [0, 0.05) is 31.2 Å². The number of rotatable bonds is 6. The van der Waals surface area contributed by atoms with Crippen molar-refractivity contribution in [2.24, 2.45) is 5.92 Å². The van der Waals surface area contributed by atoms with Crippen LogP contribution in [0.2, 0.25) is 0 Å². The van der Waals surface area contributed by atoms with E-state index < -0.39 is 0 Å². The third-order valence-corrected chi connectivity index (χ3v) is 4.98. The largest absolute Gasteiger partial charge is 0.309 e. The van der Waals surface area contributed by atoms with Crippen molar-refractivity contribution in [2.75, 3.05) is 31.6 Å². The lowest BCUT2D eigenvalue weighted by Gasteiger charge is -2.46. The topological polar surface area (TPSA) is 15.3 Å². The van der Waals surface area contributed by atoms with Gasteiger partial charge in [-0.25, -0.2) is 0 Å². The SMILES string of the molecule is CCC1CNC(C)(CC)CN1CC(C)CSC. The molecule has 17 heavy (non-hydrogen) atoms. The fraction of sp³-hybridized carbons (Fsp3) is 1.00. The predicted octanol–water partition coefficient (Wildman–Crippen LogP) is 2.84. The van der Waals surface area contributed by atoms with E-state index in [0.717, 1.165) is 18.5 Å². The minimum atomic E-state index is 0.324. The van der Waals surface area contributed by atoms with Gasteiger partial charge in [-0.2, -0.15) is 11.8 Å². The van der Waals surface area contributed by atoms with Gasteiger partial charge in [-0.1, -0.05) is 20.8 Å². The van der Waals surface area contributed by atoms with Crippen LogP contribution in [0.25, 0.3) is 0 Å². The Labute approximate surface area is 112 Å².